The van der Waals surface area contributed by atoms with Crippen molar-refractivity contribution in [1.29, 1.82) is 0 Å². The van der Waals surface area contributed by atoms with Gasteiger partial charge >= 0.3 is 6.18 Å². The highest BCUT2D eigenvalue weighted by atomic mass is 35.5. The third kappa shape index (κ3) is 4.59. The topological polar surface area (TPSA) is 56.2 Å². The minimum Gasteiger partial charge on any atom is -0.497 e. The number of ether oxygens (including phenoxy) is 1. The fourth-order valence-electron chi connectivity index (χ4n) is 3.06. The molecule has 0 radical (unpaired) electrons. The summed E-state index contributed by atoms with van der Waals surface area (Å²) in [6, 6.07) is 12.2. The predicted molar refractivity (Wildman–Crippen MR) is 107 cm³/mol. The van der Waals surface area contributed by atoms with E-state index < -0.39 is 29.4 Å². The average molecular weight is 438 g/mol. The summed E-state index contributed by atoms with van der Waals surface area (Å²) in [6.07, 6.45) is -3.37. The number of carbonyl (C=O) groups excluding carboxylic acids is 1. The Hall–Kier alpha value is -3.00. The Kier molecular flexibility index (Phi) is 6.36. The molecule has 0 aliphatic rings. The second-order valence-corrected chi connectivity index (χ2v) is 6.94. The first-order chi connectivity index (χ1) is 14.2. The van der Waals surface area contributed by atoms with Crippen LogP contribution in [-0.2, 0) is 6.18 Å². The normalized spacial score (nSPS) is 12.5. The number of alkyl halides is 3. The zero-order chi connectivity index (χ0) is 21.9. The van der Waals surface area contributed by atoms with Crippen molar-refractivity contribution in [2.75, 3.05) is 7.11 Å². The number of nitrogens with one attached hydrogen (secondary N) is 1. The second-order valence-electron chi connectivity index (χ2n) is 6.50. The predicted octanol–water partition coefficient (Wildman–Crippen LogP) is 5.43. The first-order valence-corrected chi connectivity index (χ1v) is 9.48. The number of rotatable bonds is 6. The largest absolute Gasteiger partial charge is 0.497 e. The molecule has 0 bridgehead atoms. The third-order valence-electron chi connectivity index (χ3n) is 4.59. The molecular formula is C21H19ClF3N3O2. The van der Waals surface area contributed by atoms with E-state index in [2.05, 4.69) is 10.4 Å². The molecule has 1 amide bonds. The van der Waals surface area contributed by atoms with Crippen LogP contribution in [-0.4, -0.2) is 22.8 Å². The summed E-state index contributed by atoms with van der Waals surface area (Å²) in [5.74, 6) is -0.214. The number of carbonyl (C=O) groups is 1. The van der Waals surface area contributed by atoms with Gasteiger partial charge in [0.15, 0.2) is 5.69 Å². The second kappa shape index (κ2) is 8.79. The highest BCUT2D eigenvalue weighted by Crippen LogP contribution is 2.34. The maximum Gasteiger partial charge on any atom is 0.434 e. The van der Waals surface area contributed by atoms with Gasteiger partial charge in [-0.2, -0.15) is 18.3 Å². The van der Waals surface area contributed by atoms with Gasteiger partial charge in [0.05, 0.1) is 30.6 Å². The van der Waals surface area contributed by atoms with Crippen molar-refractivity contribution in [2.24, 2.45) is 0 Å². The molecule has 1 N–H and O–H groups in total. The molecule has 0 fully saturated rings. The van der Waals surface area contributed by atoms with Crippen molar-refractivity contribution in [1.82, 2.24) is 15.1 Å². The molecule has 0 saturated carbocycles. The first-order valence-electron chi connectivity index (χ1n) is 9.10. The number of aromatic nitrogens is 2. The molecule has 9 heteroatoms. The smallest absolute Gasteiger partial charge is 0.434 e. The van der Waals surface area contributed by atoms with E-state index in [0.29, 0.717) is 21.9 Å². The van der Waals surface area contributed by atoms with Crippen LogP contribution in [0, 0.1) is 0 Å². The van der Waals surface area contributed by atoms with Crippen LogP contribution in [0.25, 0.3) is 5.69 Å². The van der Waals surface area contributed by atoms with Gasteiger partial charge in [0.1, 0.15) is 5.75 Å². The first kappa shape index (κ1) is 21.7. The van der Waals surface area contributed by atoms with Crippen LogP contribution in [0.1, 0.15) is 41.0 Å². The quantitative estimate of drug-likeness (QED) is 0.559. The van der Waals surface area contributed by atoms with Crippen LogP contribution in [0.3, 0.4) is 0 Å². The molecule has 1 heterocycles. The Bertz CT molecular complexity index is 1020. The molecule has 3 aromatic rings. The molecule has 0 aliphatic carbocycles. The van der Waals surface area contributed by atoms with E-state index >= 15 is 0 Å². The SMILES string of the molecule is CCC(NC(=O)c1cnn(-c2ccc(Cl)cc2)c1C(F)(F)F)c1ccc(OC)cc1. The van der Waals surface area contributed by atoms with Gasteiger partial charge in [-0.25, -0.2) is 4.68 Å². The van der Waals surface area contributed by atoms with E-state index in [1.54, 1.807) is 24.3 Å². The van der Waals surface area contributed by atoms with Crippen molar-refractivity contribution in [3.05, 3.63) is 76.6 Å². The lowest BCUT2D eigenvalue weighted by Crippen LogP contribution is -2.30. The number of nitrogens with zero attached hydrogens (tertiary/aromatic N) is 2. The van der Waals surface area contributed by atoms with Crippen LogP contribution in [0.5, 0.6) is 5.75 Å². The number of hydrogen-bond acceptors (Lipinski definition) is 3. The Morgan fingerprint density at radius 1 is 1.17 bits per heavy atom. The number of amides is 1. The van der Waals surface area contributed by atoms with Crippen molar-refractivity contribution < 1.29 is 22.7 Å². The highest BCUT2D eigenvalue weighted by molar-refractivity contribution is 6.30. The van der Waals surface area contributed by atoms with E-state index in [1.807, 2.05) is 6.92 Å². The number of benzene rings is 2. The number of halogens is 4. The van der Waals surface area contributed by atoms with E-state index in [4.69, 9.17) is 16.3 Å². The zero-order valence-electron chi connectivity index (χ0n) is 16.2. The Morgan fingerprint density at radius 2 is 1.80 bits per heavy atom. The molecule has 0 aliphatic heterocycles. The van der Waals surface area contributed by atoms with E-state index in [1.165, 1.54) is 31.4 Å². The summed E-state index contributed by atoms with van der Waals surface area (Å²) in [5.41, 5.74) is -0.797. The molecule has 3 rings (SSSR count). The van der Waals surface area contributed by atoms with E-state index in [-0.39, 0.29) is 5.69 Å². The van der Waals surface area contributed by atoms with Gasteiger partial charge in [-0.15, -0.1) is 0 Å². The monoisotopic (exact) mass is 437 g/mol. The maximum atomic E-state index is 13.8. The fraction of sp³-hybridized carbons (Fsp3) is 0.238. The number of hydrogen-bond donors (Lipinski definition) is 1. The fourth-order valence-corrected chi connectivity index (χ4v) is 3.18. The van der Waals surface area contributed by atoms with Crippen molar-refractivity contribution in [2.45, 2.75) is 25.6 Å². The van der Waals surface area contributed by atoms with E-state index in [0.717, 1.165) is 11.8 Å². The summed E-state index contributed by atoms with van der Waals surface area (Å²) in [6.45, 7) is 1.83. The molecule has 1 unspecified atom stereocenters. The van der Waals surface area contributed by atoms with Gasteiger partial charge in [0, 0.05) is 5.02 Å². The highest BCUT2D eigenvalue weighted by Gasteiger charge is 2.40. The molecule has 0 spiro atoms. The Labute approximate surface area is 176 Å². The third-order valence-corrected chi connectivity index (χ3v) is 4.84. The van der Waals surface area contributed by atoms with Crippen LogP contribution in [0.4, 0.5) is 13.2 Å². The molecule has 1 aromatic heterocycles. The summed E-state index contributed by atoms with van der Waals surface area (Å²) in [4.78, 5) is 12.8. The lowest BCUT2D eigenvalue weighted by Gasteiger charge is -2.19. The molecule has 158 valence electrons. The molecule has 2 aromatic carbocycles. The van der Waals surface area contributed by atoms with Crippen molar-refractivity contribution >= 4 is 17.5 Å². The molecular weight excluding hydrogens is 419 g/mol. The minimum atomic E-state index is -4.79. The summed E-state index contributed by atoms with van der Waals surface area (Å²) < 4.78 is 47.2. The van der Waals surface area contributed by atoms with E-state index in [9.17, 15) is 18.0 Å². The summed E-state index contributed by atoms with van der Waals surface area (Å²) in [5, 5.41) is 6.85. The number of methoxy groups -OCH3 is 1. The molecule has 5 nitrogen and oxygen atoms in total. The van der Waals surface area contributed by atoms with Crippen LogP contribution in [0.2, 0.25) is 5.02 Å². The average Bonchev–Trinajstić information content (AvgIpc) is 3.18. The Morgan fingerprint density at radius 3 is 2.33 bits per heavy atom. The van der Waals surface area contributed by atoms with Crippen LogP contribution < -0.4 is 10.1 Å². The molecule has 0 saturated heterocycles. The summed E-state index contributed by atoms with van der Waals surface area (Å²) >= 11 is 5.81. The van der Waals surface area contributed by atoms with Gasteiger partial charge in [0.25, 0.3) is 5.91 Å². The van der Waals surface area contributed by atoms with Crippen LogP contribution in [0.15, 0.2) is 54.7 Å². The van der Waals surface area contributed by atoms with Gasteiger partial charge in [0.2, 0.25) is 0 Å². The lowest BCUT2D eigenvalue weighted by molar-refractivity contribution is -0.143. The zero-order valence-corrected chi connectivity index (χ0v) is 17.0. The lowest BCUT2D eigenvalue weighted by atomic mass is 10.0. The van der Waals surface area contributed by atoms with Gasteiger partial charge in [-0.05, 0) is 48.4 Å². The Balaban J connectivity index is 1.93. The summed E-state index contributed by atoms with van der Waals surface area (Å²) in [7, 11) is 1.53. The minimum absolute atomic E-state index is 0.146. The van der Waals surface area contributed by atoms with Crippen molar-refractivity contribution in [3.8, 4) is 11.4 Å². The maximum absolute atomic E-state index is 13.8. The van der Waals surface area contributed by atoms with Gasteiger partial charge < -0.3 is 10.1 Å². The molecule has 30 heavy (non-hydrogen) atoms. The van der Waals surface area contributed by atoms with Gasteiger partial charge in [-0.1, -0.05) is 30.7 Å². The molecule has 1 atom stereocenters. The van der Waals surface area contributed by atoms with Crippen LogP contribution >= 0.6 is 11.6 Å². The van der Waals surface area contributed by atoms with Crippen molar-refractivity contribution in [3.63, 3.8) is 0 Å². The standard InChI is InChI=1S/C21H19ClF3N3O2/c1-3-18(13-4-10-16(30-2)11-5-13)27-20(29)17-12-26-28(19(17)21(23,24)25)15-8-6-14(22)7-9-15/h4-12,18H,3H2,1-2H3,(H,27,29). The van der Waals surface area contributed by atoms with Gasteiger partial charge in [-0.3, -0.25) is 4.79 Å².